The molecule has 0 heterocycles. The van der Waals surface area contributed by atoms with Gasteiger partial charge in [-0.1, -0.05) is 121 Å². The van der Waals surface area contributed by atoms with Gasteiger partial charge in [0, 0.05) is 12.2 Å². The van der Waals surface area contributed by atoms with Crippen LogP contribution in [0.5, 0.6) is 0 Å². The number of carbonyl (C=O) groups excluding carboxylic acids is 2. The van der Waals surface area contributed by atoms with Gasteiger partial charge in [-0.05, 0) is 33.4 Å². The van der Waals surface area contributed by atoms with E-state index in [1.165, 1.54) is 12.2 Å². The summed E-state index contributed by atoms with van der Waals surface area (Å²) >= 11 is 0. The third-order valence-corrected chi connectivity index (χ3v) is 5.14. The van der Waals surface area contributed by atoms with Crippen molar-refractivity contribution in [2.75, 3.05) is 0 Å². The van der Waals surface area contributed by atoms with Crippen LogP contribution in [0.2, 0.25) is 0 Å². The summed E-state index contributed by atoms with van der Waals surface area (Å²) in [6.45, 7) is 0. The third-order valence-electron chi connectivity index (χ3n) is 5.14. The molecule has 4 aromatic carbocycles. The van der Waals surface area contributed by atoms with E-state index in [1.807, 2.05) is 121 Å². The van der Waals surface area contributed by atoms with Gasteiger partial charge in [0.2, 0.25) is 0 Å². The number of hydrogen-bond acceptors (Lipinski definition) is 2. The third kappa shape index (κ3) is 5.81. The van der Waals surface area contributed by atoms with Gasteiger partial charge in [0.15, 0.2) is 0 Å². The average Bonchev–Trinajstić information content (AvgIpc) is 2.88. The number of benzene rings is 4. The second kappa shape index (κ2) is 10.7. The second-order valence-electron chi connectivity index (χ2n) is 7.43. The lowest BCUT2D eigenvalue weighted by Gasteiger charge is -2.10. The van der Waals surface area contributed by atoms with E-state index in [1.54, 1.807) is 0 Å². The van der Waals surface area contributed by atoms with Gasteiger partial charge in [0.1, 0.15) is 0 Å². The van der Waals surface area contributed by atoms with E-state index >= 15 is 0 Å². The van der Waals surface area contributed by atoms with E-state index in [-0.39, 0.29) is 0 Å². The Labute approximate surface area is 193 Å². The molecule has 2 amide bonds. The molecule has 0 aliphatic heterocycles. The maximum absolute atomic E-state index is 12.8. The summed E-state index contributed by atoms with van der Waals surface area (Å²) in [5, 5.41) is 2.49. The fraction of sp³-hybridized carbons (Fsp3) is 0. The summed E-state index contributed by atoms with van der Waals surface area (Å²) < 4.78 is 0. The van der Waals surface area contributed by atoms with Crippen LogP contribution in [0.3, 0.4) is 0 Å². The Morgan fingerprint density at radius 1 is 0.424 bits per heavy atom. The van der Waals surface area contributed by atoms with Crippen LogP contribution in [-0.2, 0) is 9.59 Å². The monoisotopic (exact) mass is 429 g/mol. The summed E-state index contributed by atoms with van der Waals surface area (Å²) in [6, 6.07) is 38.6. The van der Waals surface area contributed by atoms with Crippen molar-refractivity contribution >= 4 is 23.0 Å². The number of imide groups is 1. The highest BCUT2D eigenvalue weighted by molar-refractivity contribution is 6.11. The fourth-order valence-electron chi connectivity index (χ4n) is 3.59. The molecule has 0 atom stereocenters. The summed E-state index contributed by atoms with van der Waals surface area (Å²) in [7, 11) is 0. The minimum atomic E-state index is -0.473. The predicted octanol–water partition coefficient (Wildman–Crippen LogP) is 5.89. The van der Waals surface area contributed by atoms with E-state index in [9.17, 15) is 9.59 Å². The number of rotatable bonds is 6. The molecule has 3 nitrogen and oxygen atoms in total. The highest BCUT2D eigenvalue weighted by Gasteiger charge is 2.12. The van der Waals surface area contributed by atoms with Gasteiger partial charge in [0.25, 0.3) is 11.8 Å². The average molecular weight is 430 g/mol. The Kier molecular flexibility index (Phi) is 7.04. The molecule has 33 heavy (non-hydrogen) atoms. The lowest BCUT2D eigenvalue weighted by molar-refractivity contribution is -0.125. The summed E-state index contributed by atoms with van der Waals surface area (Å²) in [5.41, 5.74) is 5.09. The van der Waals surface area contributed by atoms with Crippen molar-refractivity contribution in [3.8, 4) is 0 Å². The molecular weight excluding hydrogens is 406 g/mol. The van der Waals surface area contributed by atoms with Crippen LogP contribution in [0.25, 0.3) is 11.1 Å². The molecule has 1 N–H and O–H groups in total. The molecule has 0 aliphatic rings. The number of carbonyl (C=O) groups is 2. The molecule has 0 fully saturated rings. The van der Waals surface area contributed by atoms with Crippen LogP contribution in [0, 0.1) is 0 Å². The van der Waals surface area contributed by atoms with Gasteiger partial charge in [-0.25, -0.2) is 0 Å². The maximum Gasteiger partial charge on any atom is 0.251 e. The standard InChI is InChI=1S/C30H23NO2/c32-29(21-27(23-13-5-1-6-14-23)24-15-7-2-8-16-24)31-30(33)22-28(25-17-9-3-10-18-25)26-19-11-4-12-20-26/h1-22H,(H,31,32,33). The van der Waals surface area contributed by atoms with Crippen molar-refractivity contribution in [2.24, 2.45) is 0 Å². The second-order valence-corrected chi connectivity index (χ2v) is 7.43. The van der Waals surface area contributed by atoms with Gasteiger partial charge in [-0.15, -0.1) is 0 Å². The minimum Gasteiger partial charge on any atom is -0.289 e. The lowest BCUT2D eigenvalue weighted by Crippen LogP contribution is -2.27. The molecule has 3 heteroatoms. The molecular formula is C30H23NO2. The molecule has 0 radical (unpaired) electrons. The van der Waals surface area contributed by atoms with Gasteiger partial charge >= 0.3 is 0 Å². The van der Waals surface area contributed by atoms with Crippen LogP contribution in [0.1, 0.15) is 22.3 Å². The zero-order valence-electron chi connectivity index (χ0n) is 18.0. The minimum absolute atomic E-state index is 0.473. The van der Waals surface area contributed by atoms with E-state index in [0.29, 0.717) is 0 Å². The van der Waals surface area contributed by atoms with E-state index in [0.717, 1.165) is 33.4 Å². The Morgan fingerprint density at radius 2 is 0.667 bits per heavy atom. The molecule has 0 aromatic heterocycles. The number of amides is 2. The predicted molar refractivity (Wildman–Crippen MR) is 133 cm³/mol. The smallest absolute Gasteiger partial charge is 0.251 e. The summed E-state index contributed by atoms with van der Waals surface area (Å²) in [4.78, 5) is 25.7. The van der Waals surface area contributed by atoms with Crippen molar-refractivity contribution < 1.29 is 9.59 Å². The normalized spacial score (nSPS) is 10.1. The number of nitrogens with one attached hydrogen (secondary N) is 1. The molecule has 4 rings (SSSR count). The van der Waals surface area contributed by atoms with E-state index in [2.05, 4.69) is 5.32 Å². The van der Waals surface area contributed by atoms with E-state index in [4.69, 9.17) is 0 Å². The zero-order valence-corrected chi connectivity index (χ0v) is 18.0. The zero-order chi connectivity index (χ0) is 22.9. The van der Waals surface area contributed by atoms with Crippen LogP contribution < -0.4 is 5.32 Å². The Bertz CT molecular complexity index is 1090. The van der Waals surface area contributed by atoms with Crippen molar-refractivity contribution in [3.63, 3.8) is 0 Å². The van der Waals surface area contributed by atoms with Crippen LogP contribution in [0.4, 0.5) is 0 Å². The van der Waals surface area contributed by atoms with Crippen molar-refractivity contribution in [3.05, 3.63) is 156 Å². The highest BCUT2D eigenvalue weighted by Crippen LogP contribution is 2.24. The highest BCUT2D eigenvalue weighted by atomic mass is 16.2. The Hall–Kier alpha value is -4.50. The Morgan fingerprint density at radius 3 is 0.909 bits per heavy atom. The molecule has 0 bridgehead atoms. The molecule has 160 valence electrons. The molecule has 0 spiro atoms. The molecule has 0 unspecified atom stereocenters. The van der Waals surface area contributed by atoms with Crippen LogP contribution in [0.15, 0.2) is 133 Å². The molecule has 0 saturated heterocycles. The first-order valence-electron chi connectivity index (χ1n) is 10.7. The topological polar surface area (TPSA) is 46.2 Å². The summed E-state index contributed by atoms with van der Waals surface area (Å²) in [5.74, 6) is -0.946. The first kappa shape index (κ1) is 21.7. The number of hydrogen-bond donors (Lipinski definition) is 1. The van der Waals surface area contributed by atoms with Gasteiger partial charge in [0.05, 0.1) is 0 Å². The fourth-order valence-corrected chi connectivity index (χ4v) is 3.59. The van der Waals surface area contributed by atoms with Gasteiger partial charge in [-0.2, -0.15) is 0 Å². The van der Waals surface area contributed by atoms with Gasteiger partial charge < -0.3 is 0 Å². The van der Waals surface area contributed by atoms with Crippen molar-refractivity contribution in [1.82, 2.24) is 5.32 Å². The largest absolute Gasteiger partial charge is 0.289 e. The molecule has 4 aromatic rings. The van der Waals surface area contributed by atoms with Crippen molar-refractivity contribution in [2.45, 2.75) is 0 Å². The quantitative estimate of drug-likeness (QED) is 0.388. The first-order valence-corrected chi connectivity index (χ1v) is 10.7. The van der Waals surface area contributed by atoms with E-state index < -0.39 is 11.8 Å². The van der Waals surface area contributed by atoms with Crippen molar-refractivity contribution in [1.29, 1.82) is 0 Å². The van der Waals surface area contributed by atoms with Crippen LogP contribution >= 0.6 is 0 Å². The molecule has 0 aliphatic carbocycles. The van der Waals surface area contributed by atoms with Gasteiger partial charge in [-0.3, -0.25) is 14.9 Å². The maximum atomic E-state index is 12.8. The Balaban J connectivity index is 1.63. The SMILES string of the molecule is O=C(C=C(c1ccccc1)c1ccccc1)NC(=O)C=C(c1ccccc1)c1ccccc1. The van der Waals surface area contributed by atoms with Crippen LogP contribution in [-0.4, -0.2) is 11.8 Å². The lowest BCUT2D eigenvalue weighted by atomic mass is 9.97. The molecule has 0 saturated carbocycles. The first-order chi connectivity index (χ1) is 16.2. The summed E-state index contributed by atoms with van der Waals surface area (Å²) in [6.07, 6.45) is 2.95.